The molecule has 0 unspecified atom stereocenters. The van der Waals surface area contributed by atoms with E-state index in [-0.39, 0.29) is 19.1 Å². The first-order valence-corrected chi connectivity index (χ1v) is 8.49. The van der Waals surface area contributed by atoms with E-state index in [0.29, 0.717) is 0 Å². The number of carbonyl (C=O) groups excluding carboxylic acids is 1. The Morgan fingerprint density at radius 3 is 2.60 bits per heavy atom. The predicted molar refractivity (Wildman–Crippen MR) is 97.3 cm³/mol. The third-order valence-electron chi connectivity index (χ3n) is 4.18. The molecule has 3 aromatic rings. The van der Waals surface area contributed by atoms with E-state index in [9.17, 15) is 4.79 Å². The summed E-state index contributed by atoms with van der Waals surface area (Å²) in [4.78, 5) is 14.5. The minimum Gasteiger partial charge on any atom is -0.459 e. The Hall–Kier alpha value is -2.89. The maximum Gasteiger partial charge on any atom is 0.328 e. The molecule has 2 aromatic carbocycles. The highest BCUT2D eigenvalue weighted by Gasteiger charge is 2.12. The molecule has 6 nitrogen and oxygen atoms in total. The lowest BCUT2D eigenvalue weighted by Crippen LogP contribution is -2.23. The van der Waals surface area contributed by atoms with Crippen molar-refractivity contribution < 1.29 is 9.53 Å². The molecule has 25 heavy (non-hydrogen) atoms. The van der Waals surface area contributed by atoms with Crippen molar-refractivity contribution in [3.63, 3.8) is 0 Å². The molecule has 6 heteroatoms. The Morgan fingerprint density at radius 1 is 1.08 bits per heavy atom. The van der Waals surface area contributed by atoms with Crippen molar-refractivity contribution >= 4 is 22.7 Å². The number of benzene rings is 2. The molecule has 3 rings (SSSR count). The van der Waals surface area contributed by atoms with Gasteiger partial charge in [0.15, 0.2) is 0 Å². The Balaban J connectivity index is 1.67. The molecular weight excluding hydrogens is 316 g/mol. The molecule has 1 aromatic heterocycles. The van der Waals surface area contributed by atoms with Crippen LogP contribution < -0.4 is 4.90 Å². The van der Waals surface area contributed by atoms with Crippen molar-refractivity contribution in [2.75, 3.05) is 18.0 Å². The first kappa shape index (κ1) is 17.0. The maximum atomic E-state index is 12.2. The Bertz CT molecular complexity index is 855. The van der Waals surface area contributed by atoms with Gasteiger partial charge in [-0.2, -0.15) is 0 Å². The van der Waals surface area contributed by atoms with E-state index in [4.69, 9.17) is 4.74 Å². The number of fused-ring (bicyclic) bond motifs is 1. The SMILES string of the molecule is CCN(CC)c1ccccc1COC(=O)Cn1nnc2ccccc21. The van der Waals surface area contributed by atoms with Crippen molar-refractivity contribution in [1.82, 2.24) is 15.0 Å². The summed E-state index contributed by atoms with van der Waals surface area (Å²) in [5.41, 5.74) is 3.69. The number of para-hydroxylation sites is 2. The van der Waals surface area contributed by atoms with Crippen LogP contribution in [0.5, 0.6) is 0 Å². The first-order chi connectivity index (χ1) is 12.2. The fraction of sp³-hybridized carbons (Fsp3) is 0.316. The Morgan fingerprint density at radius 2 is 1.80 bits per heavy atom. The van der Waals surface area contributed by atoms with Crippen LogP contribution in [0.25, 0.3) is 11.0 Å². The zero-order valence-corrected chi connectivity index (χ0v) is 14.6. The number of hydrogen-bond acceptors (Lipinski definition) is 5. The van der Waals surface area contributed by atoms with Crippen molar-refractivity contribution in [2.45, 2.75) is 27.0 Å². The fourth-order valence-electron chi connectivity index (χ4n) is 2.87. The third kappa shape index (κ3) is 3.79. The molecule has 0 saturated carbocycles. The Kier molecular flexibility index (Phi) is 5.28. The van der Waals surface area contributed by atoms with Crippen LogP contribution in [0.2, 0.25) is 0 Å². The van der Waals surface area contributed by atoms with Gasteiger partial charge in [-0.1, -0.05) is 35.5 Å². The van der Waals surface area contributed by atoms with Gasteiger partial charge in [-0.05, 0) is 32.0 Å². The second-order valence-corrected chi connectivity index (χ2v) is 5.70. The van der Waals surface area contributed by atoms with Crippen LogP contribution in [0.15, 0.2) is 48.5 Å². The van der Waals surface area contributed by atoms with E-state index in [0.717, 1.165) is 35.4 Å². The molecule has 130 valence electrons. The van der Waals surface area contributed by atoms with E-state index in [1.165, 1.54) is 0 Å². The molecule has 0 atom stereocenters. The van der Waals surface area contributed by atoms with E-state index in [1.807, 2.05) is 42.5 Å². The summed E-state index contributed by atoms with van der Waals surface area (Å²) >= 11 is 0. The molecule has 0 aliphatic rings. The van der Waals surface area contributed by atoms with E-state index in [1.54, 1.807) is 4.68 Å². The summed E-state index contributed by atoms with van der Waals surface area (Å²) in [5, 5.41) is 8.07. The number of esters is 1. The van der Waals surface area contributed by atoms with E-state index in [2.05, 4.69) is 35.1 Å². The third-order valence-corrected chi connectivity index (χ3v) is 4.18. The van der Waals surface area contributed by atoms with Gasteiger partial charge in [-0.25, -0.2) is 4.68 Å². The summed E-state index contributed by atoms with van der Waals surface area (Å²) < 4.78 is 7.04. The first-order valence-electron chi connectivity index (χ1n) is 8.49. The van der Waals surface area contributed by atoms with Crippen molar-refractivity contribution in [3.05, 3.63) is 54.1 Å². The van der Waals surface area contributed by atoms with Crippen LogP contribution in [0, 0.1) is 0 Å². The number of rotatable bonds is 7. The quantitative estimate of drug-likeness (QED) is 0.620. The minimum absolute atomic E-state index is 0.0496. The summed E-state index contributed by atoms with van der Waals surface area (Å²) in [6.07, 6.45) is 0. The van der Waals surface area contributed by atoms with Crippen LogP contribution in [-0.2, 0) is 22.7 Å². The maximum absolute atomic E-state index is 12.2. The van der Waals surface area contributed by atoms with Gasteiger partial charge in [0, 0.05) is 24.3 Å². The molecule has 0 saturated heterocycles. The molecule has 0 fully saturated rings. The van der Waals surface area contributed by atoms with E-state index >= 15 is 0 Å². The minimum atomic E-state index is -0.329. The standard InChI is InChI=1S/C19H22N4O2/c1-3-22(4-2)17-11-7-5-9-15(17)14-25-19(24)13-23-18-12-8-6-10-16(18)20-21-23/h5-12H,3-4,13-14H2,1-2H3. The second-order valence-electron chi connectivity index (χ2n) is 5.70. The highest BCUT2D eigenvalue weighted by molar-refractivity contribution is 5.77. The summed E-state index contributed by atoms with van der Waals surface area (Å²) in [6, 6.07) is 15.6. The highest BCUT2D eigenvalue weighted by atomic mass is 16.5. The average molecular weight is 338 g/mol. The lowest BCUT2D eigenvalue weighted by atomic mass is 10.1. The molecule has 0 aliphatic carbocycles. The lowest BCUT2D eigenvalue weighted by Gasteiger charge is -2.24. The molecule has 1 heterocycles. The molecule has 0 amide bonds. The monoisotopic (exact) mass is 338 g/mol. The van der Waals surface area contributed by atoms with E-state index < -0.39 is 0 Å². The second kappa shape index (κ2) is 7.79. The predicted octanol–water partition coefficient (Wildman–Crippen LogP) is 3.02. The average Bonchev–Trinajstić information content (AvgIpc) is 3.05. The number of ether oxygens (including phenoxy) is 1. The number of hydrogen-bond donors (Lipinski definition) is 0. The van der Waals surface area contributed by atoms with Crippen molar-refractivity contribution in [1.29, 1.82) is 0 Å². The molecule has 0 spiro atoms. The van der Waals surface area contributed by atoms with Gasteiger partial charge >= 0.3 is 5.97 Å². The zero-order valence-electron chi connectivity index (χ0n) is 14.6. The number of nitrogens with zero attached hydrogens (tertiary/aromatic N) is 4. The molecule has 0 radical (unpaired) electrons. The van der Waals surface area contributed by atoms with Gasteiger partial charge in [0.25, 0.3) is 0 Å². The fourth-order valence-corrected chi connectivity index (χ4v) is 2.87. The Labute approximate surface area is 147 Å². The summed E-state index contributed by atoms with van der Waals surface area (Å²) in [7, 11) is 0. The van der Waals surface area contributed by atoms with Crippen LogP contribution in [-0.4, -0.2) is 34.1 Å². The molecule has 0 N–H and O–H groups in total. The van der Waals surface area contributed by atoms with Gasteiger partial charge in [0.2, 0.25) is 0 Å². The van der Waals surface area contributed by atoms with Gasteiger partial charge in [-0.3, -0.25) is 4.79 Å². The van der Waals surface area contributed by atoms with Gasteiger partial charge < -0.3 is 9.64 Å². The highest BCUT2D eigenvalue weighted by Crippen LogP contribution is 2.21. The molecular formula is C19H22N4O2. The molecule has 0 aliphatic heterocycles. The summed E-state index contributed by atoms with van der Waals surface area (Å²) in [6.45, 7) is 6.34. The normalized spacial score (nSPS) is 10.8. The number of carbonyl (C=O) groups is 1. The topological polar surface area (TPSA) is 60.2 Å². The van der Waals surface area contributed by atoms with Gasteiger partial charge in [-0.15, -0.1) is 5.10 Å². The number of anilines is 1. The van der Waals surface area contributed by atoms with Gasteiger partial charge in [0.05, 0.1) is 5.52 Å². The van der Waals surface area contributed by atoms with Gasteiger partial charge in [0.1, 0.15) is 18.7 Å². The van der Waals surface area contributed by atoms with Crippen LogP contribution in [0.4, 0.5) is 5.69 Å². The lowest BCUT2D eigenvalue weighted by molar-refractivity contribution is -0.145. The number of aromatic nitrogens is 3. The van der Waals surface area contributed by atoms with Crippen LogP contribution in [0.3, 0.4) is 0 Å². The smallest absolute Gasteiger partial charge is 0.328 e. The largest absolute Gasteiger partial charge is 0.459 e. The van der Waals surface area contributed by atoms with Crippen molar-refractivity contribution in [3.8, 4) is 0 Å². The molecule has 0 bridgehead atoms. The van der Waals surface area contributed by atoms with Crippen molar-refractivity contribution in [2.24, 2.45) is 0 Å². The van der Waals surface area contributed by atoms with Crippen LogP contribution >= 0.6 is 0 Å². The summed E-state index contributed by atoms with van der Waals surface area (Å²) in [5.74, 6) is -0.329. The zero-order chi connectivity index (χ0) is 17.6. The van der Waals surface area contributed by atoms with Crippen LogP contribution in [0.1, 0.15) is 19.4 Å².